The van der Waals surface area contributed by atoms with Gasteiger partial charge in [0.25, 0.3) is 0 Å². The van der Waals surface area contributed by atoms with E-state index in [1.807, 2.05) is 0 Å². The zero-order chi connectivity index (χ0) is 18.8. The quantitative estimate of drug-likeness (QED) is 0.595. The summed E-state index contributed by atoms with van der Waals surface area (Å²) in [5.41, 5.74) is 0.321. The van der Waals surface area contributed by atoms with Gasteiger partial charge in [-0.25, -0.2) is 14.4 Å². The minimum atomic E-state index is -0.645. The summed E-state index contributed by atoms with van der Waals surface area (Å²) >= 11 is 0. The number of ether oxygens (including phenoxy) is 1. The number of hydrogen-bond donors (Lipinski definition) is 1. The first-order valence-corrected chi connectivity index (χ1v) is 8.07. The Bertz CT molecular complexity index is 1160. The lowest BCUT2D eigenvalue weighted by molar-refractivity contribution is 0.309. The normalized spacial score (nSPS) is 10.9. The molecule has 0 atom stereocenters. The van der Waals surface area contributed by atoms with Crippen molar-refractivity contribution in [1.82, 2.24) is 9.97 Å². The zero-order valence-electron chi connectivity index (χ0n) is 13.9. The molecule has 6 nitrogen and oxygen atoms in total. The van der Waals surface area contributed by atoms with Crippen LogP contribution in [-0.2, 0) is 6.61 Å². The minimum Gasteiger partial charge on any atom is -0.501 e. The molecule has 2 aromatic heterocycles. The van der Waals surface area contributed by atoms with E-state index in [2.05, 4.69) is 9.97 Å². The van der Waals surface area contributed by atoms with E-state index in [1.165, 1.54) is 24.5 Å². The van der Waals surface area contributed by atoms with E-state index in [-0.39, 0.29) is 40.7 Å². The van der Waals surface area contributed by atoms with Gasteiger partial charge in [-0.2, -0.15) is 0 Å². The molecular weight excluding hydrogens is 351 g/mol. The van der Waals surface area contributed by atoms with Crippen molar-refractivity contribution in [2.24, 2.45) is 0 Å². The Labute approximate surface area is 152 Å². The number of nitrogens with zero attached hydrogens (tertiary/aromatic N) is 2. The Balaban J connectivity index is 1.76. The summed E-state index contributed by atoms with van der Waals surface area (Å²) < 4.78 is 24.4. The molecule has 4 rings (SSSR count). The molecule has 2 heterocycles. The maximum Gasteiger partial charge on any atom is 0.238 e. The van der Waals surface area contributed by atoms with Crippen LogP contribution in [0.4, 0.5) is 4.39 Å². The maximum atomic E-state index is 13.0. The van der Waals surface area contributed by atoms with Crippen LogP contribution in [0.3, 0.4) is 0 Å². The molecule has 0 aliphatic rings. The van der Waals surface area contributed by atoms with Crippen molar-refractivity contribution in [2.45, 2.75) is 6.61 Å². The Morgan fingerprint density at radius 2 is 1.78 bits per heavy atom. The summed E-state index contributed by atoms with van der Waals surface area (Å²) in [6.45, 7) is 0.128. The predicted molar refractivity (Wildman–Crippen MR) is 95.9 cm³/mol. The van der Waals surface area contributed by atoms with Crippen LogP contribution in [-0.4, -0.2) is 15.1 Å². The first-order chi connectivity index (χ1) is 13.1. The van der Waals surface area contributed by atoms with Gasteiger partial charge in [-0.05, 0) is 35.9 Å². The third-order valence-corrected chi connectivity index (χ3v) is 3.93. The molecule has 0 aliphatic heterocycles. The van der Waals surface area contributed by atoms with Crippen molar-refractivity contribution in [3.63, 3.8) is 0 Å². The molecule has 0 radical (unpaired) electrons. The van der Waals surface area contributed by atoms with Crippen LogP contribution in [0.15, 0.2) is 70.1 Å². The average molecular weight is 364 g/mol. The fourth-order valence-electron chi connectivity index (χ4n) is 2.63. The number of rotatable bonds is 4. The smallest absolute Gasteiger partial charge is 0.238 e. The molecule has 0 saturated carbocycles. The summed E-state index contributed by atoms with van der Waals surface area (Å²) in [6.07, 6.45) is 2.96. The number of aromatic hydroxyl groups is 1. The topological polar surface area (TPSA) is 85.5 Å². The van der Waals surface area contributed by atoms with Gasteiger partial charge < -0.3 is 14.3 Å². The average Bonchev–Trinajstić information content (AvgIpc) is 2.70. The molecule has 0 fully saturated rings. The van der Waals surface area contributed by atoms with E-state index in [9.17, 15) is 14.3 Å². The first kappa shape index (κ1) is 16.7. The number of halogens is 1. The standard InChI is InChI=1S/C20H13FN2O4/c21-13-7-5-12(6-8-13)11-26-14-3-1-4-15-16(14)17(24)18(25)19(27-15)20-22-9-2-10-23-20/h1-10,25H,11H2. The van der Waals surface area contributed by atoms with Crippen molar-refractivity contribution < 1.29 is 18.7 Å². The maximum absolute atomic E-state index is 13.0. The minimum absolute atomic E-state index is 0.103. The van der Waals surface area contributed by atoms with Gasteiger partial charge in [0.05, 0.1) is 0 Å². The fourth-order valence-corrected chi connectivity index (χ4v) is 2.63. The molecule has 2 aromatic carbocycles. The van der Waals surface area contributed by atoms with Gasteiger partial charge in [0, 0.05) is 12.4 Å². The first-order valence-electron chi connectivity index (χ1n) is 8.07. The van der Waals surface area contributed by atoms with Crippen LogP contribution in [0.2, 0.25) is 0 Å². The fraction of sp³-hybridized carbons (Fsp3) is 0.0500. The summed E-state index contributed by atoms with van der Waals surface area (Å²) in [4.78, 5) is 20.7. The van der Waals surface area contributed by atoms with Gasteiger partial charge in [-0.3, -0.25) is 4.79 Å². The second kappa shape index (κ2) is 6.87. The number of aromatic nitrogens is 2. The van der Waals surface area contributed by atoms with E-state index in [4.69, 9.17) is 9.15 Å². The third kappa shape index (κ3) is 3.22. The Morgan fingerprint density at radius 3 is 2.52 bits per heavy atom. The van der Waals surface area contributed by atoms with Crippen molar-refractivity contribution in [3.8, 4) is 23.1 Å². The van der Waals surface area contributed by atoms with Gasteiger partial charge in [0.1, 0.15) is 29.1 Å². The Hall–Kier alpha value is -3.74. The summed E-state index contributed by atoms with van der Waals surface area (Å²) in [5, 5.41) is 10.4. The highest BCUT2D eigenvalue weighted by Gasteiger charge is 2.19. The lowest BCUT2D eigenvalue weighted by Crippen LogP contribution is -2.06. The monoisotopic (exact) mass is 364 g/mol. The van der Waals surface area contributed by atoms with Gasteiger partial charge in [-0.15, -0.1) is 0 Å². The molecule has 0 spiro atoms. The van der Waals surface area contributed by atoms with Gasteiger partial charge >= 0.3 is 0 Å². The Morgan fingerprint density at radius 1 is 1.04 bits per heavy atom. The molecule has 134 valence electrons. The highest BCUT2D eigenvalue weighted by molar-refractivity contribution is 5.86. The lowest BCUT2D eigenvalue weighted by atomic mass is 10.1. The van der Waals surface area contributed by atoms with Crippen molar-refractivity contribution in [2.75, 3.05) is 0 Å². The van der Waals surface area contributed by atoms with Crippen molar-refractivity contribution >= 4 is 11.0 Å². The van der Waals surface area contributed by atoms with Gasteiger partial charge in [-0.1, -0.05) is 18.2 Å². The second-order valence-corrected chi connectivity index (χ2v) is 5.73. The Kier molecular flexibility index (Phi) is 4.25. The molecule has 0 aliphatic carbocycles. The van der Waals surface area contributed by atoms with Crippen molar-refractivity contribution in [1.29, 1.82) is 0 Å². The zero-order valence-corrected chi connectivity index (χ0v) is 13.9. The van der Waals surface area contributed by atoms with Crippen LogP contribution in [0.25, 0.3) is 22.6 Å². The molecule has 0 amide bonds. The largest absolute Gasteiger partial charge is 0.501 e. The van der Waals surface area contributed by atoms with Crippen LogP contribution < -0.4 is 10.2 Å². The molecule has 0 bridgehead atoms. The highest BCUT2D eigenvalue weighted by Crippen LogP contribution is 2.31. The third-order valence-electron chi connectivity index (χ3n) is 3.93. The van der Waals surface area contributed by atoms with Crippen LogP contribution in [0.5, 0.6) is 11.5 Å². The molecule has 4 aromatic rings. The van der Waals surface area contributed by atoms with Crippen molar-refractivity contribution in [3.05, 3.63) is 82.5 Å². The lowest BCUT2D eigenvalue weighted by Gasteiger charge is -2.10. The summed E-state index contributed by atoms with van der Waals surface area (Å²) in [7, 11) is 0. The molecule has 0 unspecified atom stereocenters. The van der Waals surface area contributed by atoms with E-state index < -0.39 is 11.2 Å². The van der Waals surface area contributed by atoms with Gasteiger partial charge in [0.2, 0.25) is 16.9 Å². The number of benzene rings is 2. The molecule has 1 N–H and O–H groups in total. The van der Waals surface area contributed by atoms with Crippen LogP contribution in [0.1, 0.15) is 5.56 Å². The van der Waals surface area contributed by atoms with Gasteiger partial charge in [0.15, 0.2) is 5.82 Å². The summed E-state index contributed by atoms with van der Waals surface area (Å²) in [6, 6.07) is 12.3. The van der Waals surface area contributed by atoms with Crippen LogP contribution in [0, 0.1) is 5.82 Å². The number of hydrogen-bond acceptors (Lipinski definition) is 6. The molecular formula is C20H13FN2O4. The van der Waals surface area contributed by atoms with E-state index >= 15 is 0 Å². The van der Waals surface area contributed by atoms with E-state index in [0.717, 1.165) is 5.56 Å². The number of fused-ring (bicyclic) bond motifs is 1. The van der Waals surface area contributed by atoms with Crippen LogP contribution >= 0.6 is 0 Å². The van der Waals surface area contributed by atoms with E-state index in [1.54, 1.807) is 36.4 Å². The highest BCUT2D eigenvalue weighted by atomic mass is 19.1. The molecule has 0 saturated heterocycles. The molecule has 7 heteroatoms. The van der Waals surface area contributed by atoms with E-state index in [0.29, 0.717) is 0 Å². The molecule has 27 heavy (non-hydrogen) atoms. The summed E-state index contributed by atoms with van der Waals surface area (Å²) in [5.74, 6) is -0.687. The predicted octanol–water partition coefficient (Wildman–Crippen LogP) is 3.67. The SMILES string of the molecule is O=c1c(O)c(-c2ncccn2)oc2cccc(OCc3ccc(F)cc3)c12. The second-order valence-electron chi connectivity index (χ2n) is 5.73.